The third-order valence-electron chi connectivity index (χ3n) is 2.70. The molecule has 1 aromatic carbocycles. The fraction of sp³-hybridized carbons (Fsp3) is 0.385. The molecule has 0 saturated heterocycles. The van der Waals surface area contributed by atoms with Crippen molar-refractivity contribution in [2.24, 2.45) is 5.73 Å². The van der Waals surface area contributed by atoms with Crippen LogP contribution in [0.25, 0.3) is 0 Å². The zero-order chi connectivity index (χ0) is 14.4. The number of amides is 1. The molecular formula is C13H16F2N2OS. The number of carbonyl (C=O) groups is 1. The van der Waals surface area contributed by atoms with Gasteiger partial charge in [0.2, 0.25) is 5.91 Å². The second-order valence-corrected chi connectivity index (χ2v) is 4.64. The molecule has 2 N–H and O–H groups in total. The number of thiocarbonyl (C=S) groups is 1. The molecule has 0 aliphatic carbocycles. The van der Waals surface area contributed by atoms with E-state index in [9.17, 15) is 13.6 Å². The Kier molecular flexibility index (Phi) is 5.82. The molecule has 0 spiro atoms. The molecule has 0 aliphatic heterocycles. The molecule has 1 aromatic rings. The van der Waals surface area contributed by atoms with Gasteiger partial charge in [0.1, 0.15) is 0 Å². The van der Waals surface area contributed by atoms with Gasteiger partial charge < -0.3 is 10.6 Å². The molecule has 104 valence electrons. The van der Waals surface area contributed by atoms with Gasteiger partial charge in [0.25, 0.3) is 0 Å². The normalized spacial score (nSPS) is 10.3. The number of benzene rings is 1. The molecule has 3 nitrogen and oxygen atoms in total. The first-order chi connectivity index (χ1) is 8.93. The fourth-order valence-corrected chi connectivity index (χ4v) is 1.73. The zero-order valence-corrected chi connectivity index (χ0v) is 11.5. The lowest BCUT2D eigenvalue weighted by Gasteiger charge is -2.20. The van der Waals surface area contributed by atoms with Crippen LogP contribution in [0.5, 0.6) is 0 Å². The molecule has 0 bridgehead atoms. The van der Waals surface area contributed by atoms with Crippen molar-refractivity contribution in [2.45, 2.75) is 19.8 Å². The average Bonchev–Trinajstić information content (AvgIpc) is 2.34. The van der Waals surface area contributed by atoms with Crippen molar-refractivity contribution >= 4 is 23.1 Å². The summed E-state index contributed by atoms with van der Waals surface area (Å²) in [4.78, 5) is 13.9. The maximum atomic E-state index is 13.0. The number of nitrogens with two attached hydrogens (primary N) is 1. The molecular weight excluding hydrogens is 270 g/mol. The highest BCUT2D eigenvalue weighted by atomic mass is 32.1. The third-order valence-corrected chi connectivity index (χ3v) is 2.91. The third kappa shape index (κ3) is 4.90. The number of hydrogen-bond acceptors (Lipinski definition) is 2. The highest BCUT2D eigenvalue weighted by Gasteiger charge is 2.13. The van der Waals surface area contributed by atoms with Crippen LogP contribution in [0.3, 0.4) is 0 Å². The van der Waals surface area contributed by atoms with Crippen LogP contribution in [0, 0.1) is 11.6 Å². The van der Waals surface area contributed by atoms with Crippen molar-refractivity contribution < 1.29 is 13.6 Å². The average molecular weight is 286 g/mol. The van der Waals surface area contributed by atoms with E-state index in [0.29, 0.717) is 30.1 Å². The van der Waals surface area contributed by atoms with Crippen LogP contribution >= 0.6 is 12.2 Å². The molecule has 0 saturated carbocycles. The molecule has 0 unspecified atom stereocenters. The fourth-order valence-electron chi connectivity index (χ4n) is 1.64. The van der Waals surface area contributed by atoms with E-state index in [-0.39, 0.29) is 12.3 Å². The summed E-state index contributed by atoms with van der Waals surface area (Å²) in [5.74, 6) is -2.03. The van der Waals surface area contributed by atoms with Gasteiger partial charge in [-0.15, -0.1) is 0 Å². The van der Waals surface area contributed by atoms with Crippen LogP contribution in [0.1, 0.15) is 18.9 Å². The monoisotopic (exact) mass is 286 g/mol. The first kappa shape index (κ1) is 15.5. The van der Waals surface area contributed by atoms with Crippen LogP contribution in [0.15, 0.2) is 18.2 Å². The first-order valence-electron chi connectivity index (χ1n) is 5.94. The van der Waals surface area contributed by atoms with E-state index in [1.165, 1.54) is 6.07 Å². The summed E-state index contributed by atoms with van der Waals surface area (Å²) in [6, 6.07) is 3.45. The second-order valence-electron chi connectivity index (χ2n) is 4.11. The quantitative estimate of drug-likeness (QED) is 0.814. The molecule has 19 heavy (non-hydrogen) atoms. The highest BCUT2D eigenvalue weighted by Crippen LogP contribution is 2.10. The molecule has 0 aromatic heterocycles. The molecule has 0 heterocycles. The zero-order valence-electron chi connectivity index (χ0n) is 10.7. The number of nitrogens with zero attached hydrogens (tertiary/aromatic N) is 1. The maximum Gasteiger partial charge on any atom is 0.226 e. The van der Waals surface area contributed by atoms with Crippen LogP contribution in [0.4, 0.5) is 8.78 Å². The Bertz CT molecular complexity index is 480. The summed E-state index contributed by atoms with van der Waals surface area (Å²) in [6.45, 7) is 2.79. The van der Waals surface area contributed by atoms with Gasteiger partial charge in [0, 0.05) is 19.5 Å². The van der Waals surface area contributed by atoms with Gasteiger partial charge in [-0.25, -0.2) is 8.78 Å². The number of rotatable bonds is 6. The summed E-state index contributed by atoms with van der Waals surface area (Å²) in [6.07, 6.45) is 0.481. The predicted octanol–water partition coefficient (Wildman–Crippen LogP) is 2.03. The lowest BCUT2D eigenvalue weighted by molar-refractivity contribution is -0.130. The second kappa shape index (κ2) is 7.13. The number of hydrogen-bond donors (Lipinski definition) is 1. The number of likely N-dealkylation sites (N-methyl/N-ethyl adjacent to an activating group) is 1. The Morgan fingerprint density at radius 1 is 1.37 bits per heavy atom. The van der Waals surface area contributed by atoms with E-state index in [4.69, 9.17) is 18.0 Å². The van der Waals surface area contributed by atoms with Crippen LogP contribution in [-0.4, -0.2) is 28.9 Å². The van der Waals surface area contributed by atoms with Gasteiger partial charge in [-0.05, 0) is 24.6 Å². The summed E-state index contributed by atoms with van der Waals surface area (Å²) < 4.78 is 25.8. The Hall–Kier alpha value is -1.56. The van der Waals surface area contributed by atoms with Gasteiger partial charge in [0.05, 0.1) is 11.4 Å². The molecule has 1 amide bonds. The molecule has 6 heteroatoms. The maximum absolute atomic E-state index is 13.0. The van der Waals surface area contributed by atoms with Crippen molar-refractivity contribution in [3.05, 3.63) is 35.4 Å². The van der Waals surface area contributed by atoms with E-state index < -0.39 is 11.6 Å². The molecule has 0 aliphatic rings. The van der Waals surface area contributed by atoms with Crippen LogP contribution in [-0.2, 0) is 11.2 Å². The minimum atomic E-state index is -0.948. The number of halogens is 2. The predicted molar refractivity (Wildman–Crippen MR) is 73.7 cm³/mol. The smallest absolute Gasteiger partial charge is 0.226 e. The van der Waals surface area contributed by atoms with E-state index in [2.05, 4.69) is 0 Å². The Balaban J connectivity index is 2.65. The summed E-state index contributed by atoms with van der Waals surface area (Å²) in [5, 5.41) is 0. The van der Waals surface area contributed by atoms with Gasteiger partial charge >= 0.3 is 0 Å². The van der Waals surface area contributed by atoms with Crippen molar-refractivity contribution in [3.63, 3.8) is 0 Å². The minimum Gasteiger partial charge on any atom is -0.393 e. The van der Waals surface area contributed by atoms with E-state index in [1.807, 2.05) is 6.92 Å². The van der Waals surface area contributed by atoms with E-state index in [0.717, 1.165) is 12.1 Å². The Morgan fingerprint density at radius 3 is 2.58 bits per heavy atom. The van der Waals surface area contributed by atoms with Gasteiger partial charge in [-0.2, -0.15) is 0 Å². The molecule has 1 rings (SSSR count). The highest BCUT2D eigenvalue weighted by molar-refractivity contribution is 7.80. The molecule has 0 radical (unpaired) electrons. The summed E-state index contributed by atoms with van der Waals surface area (Å²) in [5.41, 5.74) is 5.83. The molecule has 0 fully saturated rings. The SMILES string of the molecule is CCN(CCC(N)=S)C(=O)Cc1ccc(F)c(F)c1. The lowest BCUT2D eigenvalue weighted by Crippen LogP contribution is -2.34. The standard InChI is InChI=1S/C13H16F2N2OS/c1-2-17(6-5-12(16)19)13(18)8-9-3-4-10(14)11(15)7-9/h3-4,7H,2,5-6,8H2,1H3,(H2,16,19). The lowest BCUT2D eigenvalue weighted by atomic mass is 10.1. The van der Waals surface area contributed by atoms with Gasteiger partial charge in [-0.1, -0.05) is 18.3 Å². The van der Waals surface area contributed by atoms with Gasteiger partial charge in [-0.3, -0.25) is 4.79 Å². The van der Waals surface area contributed by atoms with Crippen molar-refractivity contribution in [1.82, 2.24) is 4.90 Å². The first-order valence-corrected chi connectivity index (χ1v) is 6.34. The summed E-state index contributed by atoms with van der Waals surface area (Å²) in [7, 11) is 0. The topological polar surface area (TPSA) is 46.3 Å². The van der Waals surface area contributed by atoms with Crippen molar-refractivity contribution in [1.29, 1.82) is 0 Å². The van der Waals surface area contributed by atoms with Crippen LogP contribution < -0.4 is 5.73 Å². The largest absolute Gasteiger partial charge is 0.393 e. The summed E-state index contributed by atoms with van der Waals surface area (Å²) >= 11 is 4.76. The van der Waals surface area contributed by atoms with Gasteiger partial charge in [0.15, 0.2) is 11.6 Å². The van der Waals surface area contributed by atoms with Crippen LogP contribution in [0.2, 0.25) is 0 Å². The van der Waals surface area contributed by atoms with Crippen molar-refractivity contribution in [3.8, 4) is 0 Å². The number of carbonyl (C=O) groups excluding carboxylic acids is 1. The minimum absolute atomic E-state index is 0.0301. The van der Waals surface area contributed by atoms with E-state index in [1.54, 1.807) is 4.90 Å². The van der Waals surface area contributed by atoms with E-state index >= 15 is 0 Å². The van der Waals surface area contributed by atoms with Crippen molar-refractivity contribution in [2.75, 3.05) is 13.1 Å². The molecule has 0 atom stereocenters. The Labute approximate surface area is 116 Å². The Morgan fingerprint density at radius 2 is 2.05 bits per heavy atom.